The number of esters is 1. The molecule has 78 valence electrons. The van der Waals surface area contributed by atoms with Crippen LogP contribution in [-0.4, -0.2) is 30.3 Å². The Hall–Kier alpha value is -0.910. The highest BCUT2D eigenvalue weighted by atomic mass is 32.1. The molecule has 0 aliphatic heterocycles. The number of thiophene rings is 1. The summed E-state index contributed by atoms with van der Waals surface area (Å²) in [5, 5.41) is 10.5. The highest BCUT2D eigenvalue weighted by molar-refractivity contribution is 7.09. The van der Waals surface area contributed by atoms with E-state index < -0.39 is 12.0 Å². The number of nitrogens with two attached hydrogens (primary N) is 1. The molecule has 0 radical (unpaired) electrons. The normalized spacial score (nSPS) is 12.4. The number of carbonyl (C=O) groups excluding carboxylic acids is 1. The molecule has 1 aromatic rings. The molecular formula is C9H13NO3S. The van der Waals surface area contributed by atoms with Crippen LogP contribution >= 0.6 is 11.3 Å². The van der Waals surface area contributed by atoms with Gasteiger partial charge < -0.3 is 15.6 Å². The number of rotatable bonds is 5. The summed E-state index contributed by atoms with van der Waals surface area (Å²) in [6, 6.07) is 3.00. The Labute approximate surface area is 86.3 Å². The van der Waals surface area contributed by atoms with Crippen molar-refractivity contribution in [1.29, 1.82) is 0 Å². The lowest BCUT2D eigenvalue weighted by molar-refractivity contribution is -0.146. The van der Waals surface area contributed by atoms with E-state index in [0.717, 1.165) is 4.88 Å². The minimum atomic E-state index is -0.918. The lowest BCUT2D eigenvalue weighted by Crippen LogP contribution is -2.35. The van der Waals surface area contributed by atoms with E-state index in [-0.39, 0.29) is 6.61 Å². The molecule has 0 saturated heterocycles. The van der Waals surface area contributed by atoms with Gasteiger partial charge in [0.1, 0.15) is 6.04 Å². The zero-order chi connectivity index (χ0) is 10.4. The minimum Gasteiger partial charge on any atom is -0.464 e. The highest BCUT2D eigenvalue weighted by Gasteiger charge is 2.12. The number of aliphatic hydroxyl groups excluding tert-OH is 1. The fourth-order valence-corrected chi connectivity index (χ4v) is 1.58. The first-order valence-corrected chi connectivity index (χ1v) is 5.17. The van der Waals surface area contributed by atoms with Gasteiger partial charge in [0.15, 0.2) is 0 Å². The molecule has 1 aromatic heterocycles. The molecule has 5 heteroatoms. The van der Waals surface area contributed by atoms with Crippen molar-refractivity contribution < 1.29 is 14.6 Å². The lowest BCUT2D eigenvalue weighted by Gasteiger charge is -2.07. The molecule has 0 unspecified atom stereocenters. The summed E-state index contributed by atoms with van der Waals surface area (Å²) in [6.45, 7) is -0.0646. The van der Waals surface area contributed by atoms with Crippen LogP contribution in [0, 0.1) is 0 Å². The van der Waals surface area contributed by atoms with Crippen molar-refractivity contribution in [3.63, 3.8) is 0 Å². The molecule has 0 amide bonds. The summed E-state index contributed by atoms with van der Waals surface area (Å²) < 4.78 is 4.85. The van der Waals surface area contributed by atoms with Crippen molar-refractivity contribution in [1.82, 2.24) is 0 Å². The quantitative estimate of drug-likeness (QED) is 0.686. The van der Waals surface area contributed by atoms with E-state index in [2.05, 4.69) is 0 Å². The summed E-state index contributed by atoms with van der Waals surface area (Å²) in [7, 11) is 0. The number of hydrogen-bond donors (Lipinski definition) is 2. The Bertz CT molecular complexity index is 274. The summed E-state index contributed by atoms with van der Waals surface area (Å²) in [5.41, 5.74) is 5.25. The van der Waals surface area contributed by atoms with E-state index in [4.69, 9.17) is 15.6 Å². The smallest absolute Gasteiger partial charge is 0.325 e. The van der Waals surface area contributed by atoms with E-state index in [1.807, 2.05) is 17.5 Å². The van der Waals surface area contributed by atoms with E-state index >= 15 is 0 Å². The molecule has 0 fully saturated rings. The van der Waals surface area contributed by atoms with Crippen molar-refractivity contribution in [2.75, 3.05) is 13.2 Å². The second-order valence-electron chi connectivity index (χ2n) is 2.79. The molecule has 0 aliphatic rings. The maximum atomic E-state index is 11.0. The third-order valence-electron chi connectivity index (χ3n) is 1.67. The van der Waals surface area contributed by atoms with Gasteiger partial charge in [-0.05, 0) is 11.4 Å². The number of ether oxygens (including phenoxy) is 1. The molecule has 0 aliphatic carbocycles. The van der Waals surface area contributed by atoms with Gasteiger partial charge in [0, 0.05) is 11.3 Å². The Morgan fingerprint density at radius 1 is 1.71 bits per heavy atom. The molecule has 4 nitrogen and oxygen atoms in total. The van der Waals surface area contributed by atoms with Gasteiger partial charge in [-0.1, -0.05) is 6.07 Å². The van der Waals surface area contributed by atoms with Crippen molar-refractivity contribution in [2.24, 2.45) is 5.73 Å². The first-order valence-electron chi connectivity index (χ1n) is 4.29. The monoisotopic (exact) mass is 215 g/mol. The fourth-order valence-electron chi connectivity index (χ4n) is 0.889. The second kappa shape index (κ2) is 5.74. The third kappa shape index (κ3) is 3.45. The van der Waals surface area contributed by atoms with Gasteiger partial charge in [-0.2, -0.15) is 0 Å². The summed E-state index contributed by atoms with van der Waals surface area (Å²) in [4.78, 5) is 12.2. The molecule has 0 saturated carbocycles. The Kier molecular flexibility index (Phi) is 4.58. The van der Waals surface area contributed by atoms with E-state index in [1.165, 1.54) is 0 Å². The van der Waals surface area contributed by atoms with Crippen LogP contribution in [0.25, 0.3) is 0 Å². The van der Waals surface area contributed by atoms with Crippen LogP contribution in [0.1, 0.15) is 4.88 Å². The van der Waals surface area contributed by atoms with Crippen LogP contribution in [0.4, 0.5) is 0 Å². The van der Waals surface area contributed by atoms with E-state index in [1.54, 1.807) is 11.3 Å². The van der Waals surface area contributed by atoms with Crippen molar-refractivity contribution in [3.8, 4) is 0 Å². The van der Waals surface area contributed by atoms with Gasteiger partial charge >= 0.3 is 5.97 Å². The van der Waals surface area contributed by atoms with E-state index in [0.29, 0.717) is 13.0 Å². The highest BCUT2D eigenvalue weighted by Crippen LogP contribution is 2.08. The summed E-state index contributed by atoms with van der Waals surface area (Å²) in [6.07, 6.45) is 0.696. The summed E-state index contributed by atoms with van der Waals surface area (Å²) in [5.74, 6) is -0.552. The van der Waals surface area contributed by atoms with Gasteiger partial charge in [0.25, 0.3) is 0 Å². The van der Waals surface area contributed by atoms with Gasteiger partial charge in [-0.3, -0.25) is 4.79 Å². The number of aliphatic hydroxyl groups is 1. The van der Waals surface area contributed by atoms with Crippen LogP contribution in [-0.2, 0) is 16.0 Å². The molecule has 3 N–H and O–H groups in total. The molecule has 0 bridgehead atoms. The Morgan fingerprint density at radius 2 is 2.50 bits per heavy atom. The van der Waals surface area contributed by atoms with Gasteiger partial charge in [0.2, 0.25) is 0 Å². The van der Waals surface area contributed by atoms with Crippen LogP contribution in [0.15, 0.2) is 17.5 Å². The number of hydrogen-bond acceptors (Lipinski definition) is 5. The maximum Gasteiger partial charge on any atom is 0.325 e. The largest absolute Gasteiger partial charge is 0.464 e. The lowest BCUT2D eigenvalue weighted by atomic mass is 10.3. The van der Waals surface area contributed by atoms with Crippen LogP contribution < -0.4 is 5.73 Å². The first kappa shape index (κ1) is 11.2. The minimum absolute atomic E-state index is 0.313. The first-order chi connectivity index (χ1) is 6.74. The average Bonchev–Trinajstić information content (AvgIpc) is 2.69. The zero-order valence-electron chi connectivity index (χ0n) is 7.68. The Morgan fingerprint density at radius 3 is 3.07 bits per heavy atom. The predicted molar refractivity (Wildman–Crippen MR) is 54.0 cm³/mol. The number of carbonyl (C=O) groups is 1. The van der Waals surface area contributed by atoms with Crippen LogP contribution in [0.3, 0.4) is 0 Å². The molecule has 14 heavy (non-hydrogen) atoms. The summed E-state index contributed by atoms with van der Waals surface area (Å²) >= 11 is 1.62. The van der Waals surface area contributed by atoms with Crippen molar-refractivity contribution in [2.45, 2.75) is 12.5 Å². The van der Waals surface area contributed by atoms with Crippen molar-refractivity contribution in [3.05, 3.63) is 22.4 Å². The van der Waals surface area contributed by atoms with Gasteiger partial charge in [-0.15, -0.1) is 11.3 Å². The molecule has 1 atom stereocenters. The van der Waals surface area contributed by atoms with Gasteiger partial charge in [-0.25, -0.2) is 0 Å². The van der Waals surface area contributed by atoms with E-state index in [9.17, 15) is 4.79 Å². The standard InChI is InChI=1S/C9H13NO3S/c10-8(6-11)9(12)13-4-3-7-2-1-5-14-7/h1-2,5,8,11H,3-4,6,10H2/t8-/m1/s1. The Balaban J connectivity index is 2.18. The zero-order valence-corrected chi connectivity index (χ0v) is 8.50. The molecule has 0 spiro atoms. The van der Waals surface area contributed by atoms with Crippen LogP contribution in [0.2, 0.25) is 0 Å². The predicted octanol–water partition coefficient (Wildman–Crippen LogP) is 0.153. The topological polar surface area (TPSA) is 72.5 Å². The fraction of sp³-hybridized carbons (Fsp3) is 0.444. The molecule has 1 rings (SSSR count). The van der Waals surface area contributed by atoms with Gasteiger partial charge in [0.05, 0.1) is 13.2 Å². The SMILES string of the molecule is N[C@H](CO)C(=O)OCCc1cccs1. The molecule has 1 heterocycles. The molecule has 0 aromatic carbocycles. The van der Waals surface area contributed by atoms with Crippen molar-refractivity contribution >= 4 is 17.3 Å². The maximum absolute atomic E-state index is 11.0. The van der Waals surface area contributed by atoms with Crippen LogP contribution in [0.5, 0.6) is 0 Å². The molecular weight excluding hydrogens is 202 g/mol. The third-order valence-corrected chi connectivity index (χ3v) is 2.61. The second-order valence-corrected chi connectivity index (χ2v) is 3.82. The average molecular weight is 215 g/mol.